The molecule has 1 aromatic heterocycles. The van der Waals surface area contributed by atoms with Gasteiger partial charge in [0.05, 0.1) is 0 Å². The van der Waals surface area contributed by atoms with Crippen LogP contribution in [0.5, 0.6) is 0 Å². The third kappa shape index (κ3) is 2.87. The van der Waals surface area contributed by atoms with Crippen LogP contribution in [0, 0.1) is 5.92 Å². The fraction of sp³-hybridized carbons (Fsp3) is 0.571. The molecule has 0 radical (unpaired) electrons. The second kappa shape index (κ2) is 6.02. The van der Waals surface area contributed by atoms with Crippen molar-refractivity contribution in [2.24, 2.45) is 11.7 Å². The molecule has 1 aromatic rings. The van der Waals surface area contributed by atoms with E-state index in [9.17, 15) is 9.59 Å². The lowest BCUT2D eigenvalue weighted by molar-refractivity contribution is 0.0556. The second-order valence-corrected chi connectivity index (χ2v) is 5.10. The number of nitrogens with one attached hydrogen (secondary N) is 1. The zero-order valence-electron chi connectivity index (χ0n) is 11.3. The minimum atomic E-state index is -0.333. The Labute approximate surface area is 112 Å². The quantitative estimate of drug-likeness (QED) is 0.852. The summed E-state index contributed by atoms with van der Waals surface area (Å²) in [6.07, 6.45) is 4.57. The van der Waals surface area contributed by atoms with E-state index in [0.29, 0.717) is 19.0 Å². The summed E-state index contributed by atoms with van der Waals surface area (Å²) in [5, 5.41) is 0. The van der Waals surface area contributed by atoms with E-state index in [1.54, 1.807) is 17.0 Å². The van der Waals surface area contributed by atoms with Gasteiger partial charge in [0.15, 0.2) is 0 Å². The monoisotopic (exact) mass is 263 g/mol. The number of aromatic amines is 1. The zero-order chi connectivity index (χ0) is 13.8. The number of carbonyl (C=O) groups excluding carboxylic acids is 1. The largest absolute Gasteiger partial charge is 0.334 e. The molecule has 1 aliphatic heterocycles. The van der Waals surface area contributed by atoms with E-state index in [-0.39, 0.29) is 23.1 Å². The highest BCUT2D eigenvalue weighted by atomic mass is 16.2. The molecule has 1 saturated heterocycles. The third-order valence-corrected chi connectivity index (χ3v) is 3.98. The molecule has 0 bridgehead atoms. The lowest BCUT2D eigenvalue weighted by Crippen LogP contribution is -2.50. The predicted octanol–water partition coefficient (Wildman–Crippen LogP) is 0.964. The first-order chi connectivity index (χ1) is 9.17. The van der Waals surface area contributed by atoms with Crippen molar-refractivity contribution in [3.05, 3.63) is 34.2 Å². The Hall–Kier alpha value is -1.62. The highest BCUT2D eigenvalue weighted by Crippen LogP contribution is 2.25. The number of likely N-dealkylation sites (tertiary alicyclic amines) is 1. The van der Waals surface area contributed by atoms with E-state index in [1.807, 2.05) is 0 Å². The summed E-state index contributed by atoms with van der Waals surface area (Å²) in [5.74, 6) is 0.429. The molecular formula is C14H21N3O2. The number of carbonyl (C=O) groups is 1. The van der Waals surface area contributed by atoms with Crippen molar-refractivity contribution in [3.63, 3.8) is 0 Å². The maximum Gasteiger partial charge on any atom is 0.260 e. The van der Waals surface area contributed by atoms with Gasteiger partial charge in [0.25, 0.3) is 11.5 Å². The van der Waals surface area contributed by atoms with E-state index >= 15 is 0 Å². The number of H-pyrrole nitrogens is 1. The number of hydrogen-bond acceptors (Lipinski definition) is 3. The van der Waals surface area contributed by atoms with Crippen LogP contribution in [0.4, 0.5) is 0 Å². The smallest absolute Gasteiger partial charge is 0.260 e. The maximum atomic E-state index is 12.4. The van der Waals surface area contributed by atoms with Crippen LogP contribution >= 0.6 is 0 Å². The first kappa shape index (κ1) is 13.8. The standard InChI is InChI=1S/C14H21N3O2/c1-2-10-5-7-17(11(8-10)9-15)14(19)12-4-3-6-16-13(12)18/h3-4,6,10-11H,2,5,7-9,15H2,1H3,(H,16,18). The van der Waals surface area contributed by atoms with E-state index in [0.717, 1.165) is 19.3 Å². The third-order valence-electron chi connectivity index (χ3n) is 3.98. The Morgan fingerprint density at radius 3 is 3.00 bits per heavy atom. The average molecular weight is 263 g/mol. The van der Waals surface area contributed by atoms with Crippen molar-refractivity contribution in [2.75, 3.05) is 13.1 Å². The van der Waals surface area contributed by atoms with Gasteiger partial charge in [0.2, 0.25) is 0 Å². The van der Waals surface area contributed by atoms with Gasteiger partial charge in [-0.3, -0.25) is 9.59 Å². The van der Waals surface area contributed by atoms with E-state index in [1.165, 1.54) is 6.20 Å². The van der Waals surface area contributed by atoms with Crippen molar-refractivity contribution in [3.8, 4) is 0 Å². The molecule has 0 aromatic carbocycles. The summed E-state index contributed by atoms with van der Waals surface area (Å²) in [4.78, 5) is 28.4. The molecule has 5 heteroatoms. The molecule has 104 valence electrons. The fourth-order valence-electron chi connectivity index (χ4n) is 2.74. The highest BCUT2D eigenvalue weighted by molar-refractivity contribution is 5.94. The summed E-state index contributed by atoms with van der Waals surface area (Å²) in [5.41, 5.74) is 5.66. The first-order valence-corrected chi connectivity index (χ1v) is 6.86. The van der Waals surface area contributed by atoms with Crippen molar-refractivity contribution in [1.82, 2.24) is 9.88 Å². The van der Waals surface area contributed by atoms with Gasteiger partial charge in [-0.25, -0.2) is 0 Å². The Morgan fingerprint density at radius 1 is 1.58 bits per heavy atom. The van der Waals surface area contributed by atoms with E-state index in [2.05, 4.69) is 11.9 Å². The number of piperidine rings is 1. The second-order valence-electron chi connectivity index (χ2n) is 5.10. The number of nitrogens with zero attached hydrogens (tertiary/aromatic N) is 1. The zero-order valence-corrected chi connectivity index (χ0v) is 11.3. The Kier molecular flexibility index (Phi) is 4.37. The molecule has 2 rings (SSSR count). The molecule has 5 nitrogen and oxygen atoms in total. The van der Waals surface area contributed by atoms with Crippen LogP contribution in [0.1, 0.15) is 36.5 Å². The summed E-state index contributed by atoms with van der Waals surface area (Å²) in [7, 11) is 0. The number of rotatable bonds is 3. The molecule has 0 saturated carbocycles. The summed E-state index contributed by atoms with van der Waals surface area (Å²) in [6.45, 7) is 3.30. The van der Waals surface area contributed by atoms with Gasteiger partial charge in [-0.05, 0) is 30.9 Å². The Morgan fingerprint density at radius 2 is 2.37 bits per heavy atom. The number of amides is 1. The van der Waals surface area contributed by atoms with Crippen LogP contribution in [-0.4, -0.2) is 34.9 Å². The minimum Gasteiger partial charge on any atom is -0.334 e. The molecule has 1 amide bonds. The lowest BCUT2D eigenvalue weighted by Gasteiger charge is -2.38. The van der Waals surface area contributed by atoms with Gasteiger partial charge in [0, 0.05) is 25.3 Å². The van der Waals surface area contributed by atoms with Crippen molar-refractivity contribution in [1.29, 1.82) is 0 Å². The van der Waals surface area contributed by atoms with Crippen molar-refractivity contribution in [2.45, 2.75) is 32.2 Å². The first-order valence-electron chi connectivity index (χ1n) is 6.86. The minimum absolute atomic E-state index is 0.0470. The van der Waals surface area contributed by atoms with Crippen LogP contribution in [0.2, 0.25) is 0 Å². The molecule has 1 fully saturated rings. The number of nitrogens with two attached hydrogens (primary N) is 1. The molecule has 0 aliphatic carbocycles. The molecule has 2 heterocycles. The molecule has 3 N–H and O–H groups in total. The van der Waals surface area contributed by atoms with Crippen LogP contribution in [0.3, 0.4) is 0 Å². The van der Waals surface area contributed by atoms with Crippen molar-refractivity contribution < 1.29 is 4.79 Å². The number of pyridine rings is 1. The van der Waals surface area contributed by atoms with Gasteiger partial charge < -0.3 is 15.6 Å². The number of hydrogen-bond donors (Lipinski definition) is 2. The lowest BCUT2D eigenvalue weighted by atomic mass is 9.88. The SMILES string of the molecule is CCC1CCN(C(=O)c2ccc[nH]c2=O)C(CN)C1. The summed E-state index contributed by atoms with van der Waals surface area (Å²) in [6, 6.07) is 3.29. The molecule has 2 atom stereocenters. The fourth-order valence-corrected chi connectivity index (χ4v) is 2.74. The summed E-state index contributed by atoms with van der Waals surface area (Å²) < 4.78 is 0. The van der Waals surface area contributed by atoms with Crippen molar-refractivity contribution >= 4 is 5.91 Å². The molecule has 19 heavy (non-hydrogen) atoms. The van der Waals surface area contributed by atoms with Gasteiger partial charge >= 0.3 is 0 Å². The van der Waals surface area contributed by atoms with E-state index < -0.39 is 0 Å². The van der Waals surface area contributed by atoms with Crippen LogP contribution < -0.4 is 11.3 Å². The highest BCUT2D eigenvalue weighted by Gasteiger charge is 2.31. The van der Waals surface area contributed by atoms with E-state index in [4.69, 9.17) is 5.73 Å². The molecule has 2 unspecified atom stereocenters. The Balaban J connectivity index is 2.19. The van der Waals surface area contributed by atoms with Gasteiger partial charge in [-0.15, -0.1) is 0 Å². The van der Waals surface area contributed by atoms with Crippen LogP contribution in [0.15, 0.2) is 23.1 Å². The predicted molar refractivity (Wildman–Crippen MR) is 74.0 cm³/mol. The van der Waals surface area contributed by atoms with Gasteiger partial charge in [-0.2, -0.15) is 0 Å². The topological polar surface area (TPSA) is 79.2 Å². The molecular weight excluding hydrogens is 242 g/mol. The Bertz CT molecular complexity index is 497. The normalized spacial score (nSPS) is 23.4. The number of aromatic nitrogens is 1. The molecule has 1 aliphatic rings. The average Bonchev–Trinajstić information content (AvgIpc) is 2.46. The molecule has 0 spiro atoms. The van der Waals surface area contributed by atoms with Gasteiger partial charge in [-0.1, -0.05) is 13.3 Å². The maximum absolute atomic E-state index is 12.4. The van der Waals surface area contributed by atoms with Crippen LogP contribution in [0.25, 0.3) is 0 Å². The summed E-state index contributed by atoms with van der Waals surface area (Å²) >= 11 is 0. The van der Waals surface area contributed by atoms with Gasteiger partial charge in [0.1, 0.15) is 5.56 Å². The van der Waals surface area contributed by atoms with Crippen LogP contribution in [-0.2, 0) is 0 Å².